The molecule has 1 saturated heterocycles. The van der Waals surface area contributed by atoms with E-state index in [0.29, 0.717) is 6.42 Å². The SMILES string of the molecule is COC(=O)C[C@H](NC(=O)N1CCC(C)(C(N)=O)C1)C(=O)O. The molecule has 0 aliphatic carbocycles. The number of carbonyl (C=O) groups excluding carboxylic acids is 3. The van der Waals surface area contributed by atoms with Crippen molar-refractivity contribution in [2.45, 2.75) is 25.8 Å². The van der Waals surface area contributed by atoms with Crippen LogP contribution in [-0.4, -0.2) is 60.1 Å². The van der Waals surface area contributed by atoms with Gasteiger partial charge in [-0.25, -0.2) is 9.59 Å². The van der Waals surface area contributed by atoms with Crippen molar-refractivity contribution in [1.82, 2.24) is 10.2 Å². The molecule has 9 nitrogen and oxygen atoms in total. The fourth-order valence-corrected chi connectivity index (χ4v) is 2.03. The average Bonchev–Trinajstić information content (AvgIpc) is 2.81. The number of carboxylic acid groups (broad SMARTS) is 1. The van der Waals surface area contributed by atoms with Gasteiger partial charge in [0.1, 0.15) is 6.04 Å². The fourth-order valence-electron chi connectivity index (χ4n) is 2.03. The van der Waals surface area contributed by atoms with E-state index >= 15 is 0 Å². The molecule has 3 amide bonds. The number of likely N-dealkylation sites (tertiary alicyclic amines) is 1. The van der Waals surface area contributed by atoms with Crippen LogP contribution in [0.5, 0.6) is 0 Å². The van der Waals surface area contributed by atoms with E-state index in [1.54, 1.807) is 6.92 Å². The van der Waals surface area contributed by atoms with E-state index in [4.69, 9.17) is 10.8 Å². The lowest BCUT2D eigenvalue weighted by molar-refractivity contribution is -0.147. The molecule has 1 aliphatic rings. The van der Waals surface area contributed by atoms with E-state index in [2.05, 4.69) is 10.1 Å². The molecular formula is C12H19N3O6. The zero-order valence-electron chi connectivity index (χ0n) is 11.9. The predicted octanol–water partition coefficient (Wildman–Crippen LogP) is -1.09. The Bertz CT molecular complexity index is 466. The van der Waals surface area contributed by atoms with Gasteiger partial charge in [0.05, 0.1) is 18.9 Å². The molecule has 9 heteroatoms. The topological polar surface area (TPSA) is 139 Å². The van der Waals surface area contributed by atoms with Crippen molar-refractivity contribution in [2.75, 3.05) is 20.2 Å². The molecule has 0 spiro atoms. The van der Waals surface area contributed by atoms with Gasteiger partial charge in [-0.15, -0.1) is 0 Å². The van der Waals surface area contributed by atoms with Crippen LogP contribution in [0.1, 0.15) is 19.8 Å². The van der Waals surface area contributed by atoms with Gasteiger partial charge in [-0.3, -0.25) is 9.59 Å². The lowest BCUT2D eigenvalue weighted by Gasteiger charge is -2.23. The number of esters is 1. The first-order valence-electron chi connectivity index (χ1n) is 6.34. The number of amides is 3. The molecule has 0 aromatic carbocycles. The van der Waals surface area contributed by atoms with E-state index < -0.39 is 41.8 Å². The number of hydrogen-bond acceptors (Lipinski definition) is 5. The Labute approximate surface area is 121 Å². The summed E-state index contributed by atoms with van der Waals surface area (Å²) >= 11 is 0. The number of ether oxygens (including phenoxy) is 1. The first-order chi connectivity index (χ1) is 9.69. The van der Waals surface area contributed by atoms with Gasteiger partial charge >= 0.3 is 18.0 Å². The molecule has 0 radical (unpaired) electrons. The number of rotatable bonds is 5. The van der Waals surface area contributed by atoms with E-state index in [0.717, 1.165) is 7.11 Å². The van der Waals surface area contributed by atoms with Crippen LogP contribution in [0.25, 0.3) is 0 Å². The van der Waals surface area contributed by atoms with E-state index in [-0.39, 0.29) is 13.1 Å². The summed E-state index contributed by atoms with van der Waals surface area (Å²) in [5, 5.41) is 11.2. The molecule has 0 aromatic rings. The Balaban J connectivity index is 2.65. The molecule has 1 unspecified atom stereocenters. The van der Waals surface area contributed by atoms with E-state index in [1.165, 1.54) is 4.90 Å². The summed E-state index contributed by atoms with van der Waals surface area (Å²) < 4.78 is 4.37. The fraction of sp³-hybridized carbons (Fsp3) is 0.667. The molecule has 1 fully saturated rings. The van der Waals surface area contributed by atoms with Crippen molar-refractivity contribution in [2.24, 2.45) is 11.1 Å². The van der Waals surface area contributed by atoms with Crippen LogP contribution in [-0.2, 0) is 19.1 Å². The summed E-state index contributed by atoms with van der Waals surface area (Å²) in [6.07, 6.45) is -0.0665. The molecular weight excluding hydrogens is 282 g/mol. The Kier molecular flexibility index (Phi) is 5.12. The zero-order valence-corrected chi connectivity index (χ0v) is 11.9. The van der Waals surface area contributed by atoms with Crippen LogP contribution in [0.15, 0.2) is 0 Å². The normalized spacial score (nSPS) is 22.5. The van der Waals surface area contributed by atoms with Crippen LogP contribution in [0.3, 0.4) is 0 Å². The van der Waals surface area contributed by atoms with Crippen molar-refractivity contribution >= 4 is 23.9 Å². The Morgan fingerprint density at radius 1 is 1.43 bits per heavy atom. The maximum atomic E-state index is 12.0. The van der Waals surface area contributed by atoms with Gasteiger partial charge in [0.2, 0.25) is 5.91 Å². The minimum absolute atomic E-state index is 0.110. The largest absolute Gasteiger partial charge is 0.480 e. The van der Waals surface area contributed by atoms with Gasteiger partial charge in [0.15, 0.2) is 0 Å². The van der Waals surface area contributed by atoms with Crippen molar-refractivity contribution in [1.29, 1.82) is 0 Å². The van der Waals surface area contributed by atoms with Crippen LogP contribution < -0.4 is 11.1 Å². The van der Waals surface area contributed by atoms with Gasteiger partial charge < -0.3 is 25.8 Å². The second-order valence-corrected chi connectivity index (χ2v) is 5.22. The summed E-state index contributed by atoms with van der Waals surface area (Å²) in [6, 6.07) is -2.04. The third kappa shape index (κ3) is 4.07. The highest BCUT2D eigenvalue weighted by atomic mass is 16.5. The predicted molar refractivity (Wildman–Crippen MR) is 70.1 cm³/mol. The molecule has 0 saturated carbocycles. The molecule has 0 aromatic heterocycles. The lowest BCUT2D eigenvalue weighted by Crippen LogP contribution is -2.49. The van der Waals surface area contributed by atoms with Crippen molar-refractivity contribution < 1.29 is 29.0 Å². The lowest BCUT2D eigenvalue weighted by atomic mass is 9.89. The number of primary amides is 1. The van der Waals surface area contributed by atoms with Crippen LogP contribution in [0.4, 0.5) is 4.79 Å². The maximum absolute atomic E-state index is 12.0. The number of urea groups is 1. The highest BCUT2D eigenvalue weighted by Crippen LogP contribution is 2.29. The van der Waals surface area contributed by atoms with Crippen molar-refractivity contribution in [3.05, 3.63) is 0 Å². The summed E-state index contributed by atoms with van der Waals surface area (Å²) in [5.41, 5.74) is 4.45. The first-order valence-corrected chi connectivity index (χ1v) is 6.34. The van der Waals surface area contributed by atoms with Gasteiger partial charge in [0, 0.05) is 13.1 Å². The molecule has 2 atom stereocenters. The molecule has 1 rings (SSSR count). The number of hydrogen-bond donors (Lipinski definition) is 3. The zero-order chi connectivity index (χ0) is 16.2. The van der Waals surface area contributed by atoms with Gasteiger partial charge in [-0.2, -0.15) is 0 Å². The number of nitrogens with zero attached hydrogens (tertiary/aromatic N) is 1. The number of methoxy groups -OCH3 is 1. The minimum atomic E-state index is -1.38. The standard InChI is InChI=1S/C12H19N3O6/c1-12(10(13)19)3-4-15(6-12)11(20)14-7(9(17)18)5-8(16)21-2/h7H,3-6H2,1-2H3,(H2,13,19)(H,14,20)(H,17,18)/t7-,12?/m0/s1. The Morgan fingerprint density at radius 3 is 2.48 bits per heavy atom. The number of nitrogens with two attached hydrogens (primary N) is 1. The van der Waals surface area contributed by atoms with Gasteiger partial charge in [-0.05, 0) is 13.3 Å². The minimum Gasteiger partial charge on any atom is -0.480 e. The van der Waals surface area contributed by atoms with E-state index in [1.807, 2.05) is 0 Å². The molecule has 21 heavy (non-hydrogen) atoms. The molecule has 1 aliphatic heterocycles. The molecule has 1 heterocycles. The third-order valence-corrected chi connectivity index (χ3v) is 3.55. The first kappa shape index (κ1) is 16.7. The monoisotopic (exact) mass is 301 g/mol. The third-order valence-electron chi connectivity index (χ3n) is 3.55. The van der Waals surface area contributed by atoms with Crippen molar-refractivity contribution in [3.8, 4) is 0 Å². The summed E-state index contributed by atoms with van der Waals surface area (Å²) in [6.45, 7) is 2.04. The second kappa shape index (κ2) is 6.42. The maximum Gasteiger partial charge on any atom is 0.326 e. The highest BCUT2D eigenvalue weighted by molar-refractivity contribution is 5.87. The highest BCUT2D eigenvalue weighted by Gasteiger charge is 2.41. The number of nitrogens with one attached hydrogen (secondary N) is 1. The van der Waals surface area contributed by atoms with Gasteiger partial charge in [0.25, 0.3) is 0 Å². The Hall–Kier alpha value is -2.32. The van der Waals surface area contributed by atoms with Crippen LogP contribution in [0.2, 0.25) is 0 Å². The number of carboxylic acids is 1. The quantitative estimate of drug-likeness (QED) is 0.551. The molecule has 118 valence electrons. The Morgan fingerprint density at radius 2 is 2.05 bits per heavy atom. The number of carbonyl (C=O) groups is 4. The van der Waals surface area contributed by atoms with Gasteiger partial charge in [-0.1, -0.05) is 0 Å². The summed E-state index contributed by atoms with van der Waals surface area (Å²) in [4.78, 5) is 46.7. The van der Waals surface area contributed by atoms with E-state index in [9.17, 15) is 19.2 Å². The molecule has 4 N–H and O–H groups in total. The summed E-state index contributed by atoms with van der Waals surface area (Å²) in [5.74, 6) is -2.60. The van der Waals surface area contributed by atoms with Crippen LogP contribution >= 0.6 is 0 Å². The van der Waals surface area contributed by atoms with Crippen molar-refractivity contribution in [3.63, 3.8) is 0 Å². The molecule has 0 bridgehead atoms. The summed E-state index contributed by atoms with van der Waals surface area (Å²) in [7, 11) is 1.13. The number of aliphatic carboxylic acids is 1. The van der Waals surface area contributed by atoms with Crippen LogP contribution in [0, 0.1) is 5.41 Å². The second-order valence-electron chi connectivity index (χ2n) is 5.22. The average molecular weight is 301 g/mol. The smallest absolute Gasteiger partial charge is 0.326 e.